The van der Waals surface area contributed by atoms with E-state index >= 15 is 0 Å². The molecule has 1 aromatic carbocycles. The second kappa shape index (κ2) is 7.51. The second-order valence-corrected chi connectivity index (χ2v) is 6.25. The SMILES string of the molecule is CC1CCCC1NCC(O)COc1c(Cl)cccc1Cl. The molecule has 0 bridgehead atoms. The van der Waals surface area contributed by atoms with E-state index in [1.54, 1.807) is 18.2 Å². The van der Waals surface area contributed by atoms with Crippen LogP contribution in [0.15, 0.2) is 18.2 Å². The molecule has 112 valence electrons. The van der Waals surface area contributed by atoms with Crippen LogP contribution in [0, 0.1) is 5.92 Å². The van der Waals surface area contributed by atoms with E-state index < -0.39 is 6.10 Å². The summed E-state index contributed by atoms with van der Waals surface area (Å²) in [4.78, 5) is 0. The van der Waals surface area contributed by atoms with Crippen LogP contribution >= 0.6 is 23.2 Å². The molecule has 2 N–H and O–H groups in total. The highest BCUT2D eigenvalue weighted by Crippen LogP contribution is 2.32. The summed E-state index contributed by atoms with van der Waals surface area (Å²) in [6.45, 7) is 2.95. The first-order valence-electron chi connectivity index (χ1n) is 7.06. The average molecular weight is 318 g/mol. The van der Waals surface area contributed by atoms with Crippen molar-refractivity contribution in [3.05, 3.63) is 28.2 Å². The Morgan fingerprint density at radius 3 is 2.65 bits per heavy atom. The van der Waals surface area contributed by atoms with Gasteiger partial charge in [-0.3, -0.25) is 0 Å². The van der Waals surface area contributed by atoms with E-state index in [9.17, 15) is 5.11 Å². The topological polar surface area (TPSA) is 41.5 Å². The number of para-hydroxylation sites is 1. The van der Waals surface area contributed by atoms with Gasteiger partial charge in [-0.2, -0.15) is 0 Å². The third-order valence-corrected chi connectivity index (χ3v) is 4.41. The van der Waals surface area contributed by atoms with Crippen LogP contribution in [0.2, 0.25) is 10.0 Å². The predicted molar refractivity (Wildman–Crippen MR) is 82.8 cm³/mol. The molecule has 1 aliphatic rings. The Balaban J connectivity index is 1.76. The number of hydrogen-bond acceptors (Lipinski definition) is 3. The molecule has 20 heavy (non-hydrogen) atoms. The standard InChI is InChI=1S/C15H21Cl2NO2/c1-10-4-2-7-14(10)18-8-11(19)9-20-15-12(16)5-3-6-13(15)17/h3,5-6,10-11,14,18-19H,2,4,7-9H2,1H3. The molecule has 5 heteroatoms. The van der Waals surface area contributed by atoms with Crippen molar-refractivity contribution in [1.29, 1.82) is 0 Å². The van der Waals surface area contributed by atoms with Gasteiger partial charge >= 0.3 is 0 Å². The molecule has 1 aromatic rings. The van der Waals surface area contributed by atoms with Gasteiger partial charge in [-0.05, 0) is 30.9 Å². The van der Waals surface area contributed by atoms with E-state index in [0.29, 0.717) is 34.3 Å². The number of halogens is 2. The number of ether oxygens (including phenoxy) is 1. The number of benzene rings is 1. The molecule has 1 fully saturated rings. The van der Waals surface area contributed by atoms with Crippen LogP contribution in [0.3, 0.4) is 0 Å². The van der Waals surface area contributed by atoms with Gasteiger partial charge < -0.3 is 15.2 Å². The molecule has 1 aliphatic carbocycles. The van der Waals surface area contributed by atoms with Gasteiger partial charge in [0.25, 0.3) is 0 Å². The normalized spacial score (nSPS) is 23.8. The minimum absolute atomic E-state index is 0.178. The molecule has 1 saturated carbocycles. The van der Waals surface area contributed by atoms with E-state index in [-0.39, 0.29) is 6.61 Å². The van der Waals surface area contributed by atoms with E-state index in [1.165, 1.54) is 19.3 Å². The summed E-state index contributed by atoms with van der Waals surface area (Å²) in [5.41, 5.74) is 0. The Kier molecular flexibility index (Phi) is 5.97. The van der Waals surface area contributed by atoms with E-state index in [2.05, 4.69) is 12.2 Å². The van der Waals surface area contributed by atoms with Gasteiger partial charge in [0.1, 0.15) is 12.7 Å². The van der Waals surface area contributed by atoms with Crippen molar-refractivity contribution >= 4 is 23.2 Å². The third-order valence-electron chi connectivity index (χ3n) is 3.82. The minimum atomic E-state index is -0.574. The summed E-state index contributed by atoms with van der Waals surface area (Å²) in [7, 11) is 0. The van der Waals surface area contributed by atoms with Crippen molar-refractivity contribution in [3.63, 3.8) is 0 Å². The van der Waals surface area contributed by atoms with Crippen molar-refractivity contribution in [2.75, 3.05) is 13.2 Å². The van der Waals surface area contributed by atoms with Crippen LogP contribution in [0.5, 0.6) is 5.75 Å². The first kappa shape index (κ1) is 15.9. The molecular formula is C15H21Cl2NO2. The zero-order valence-corrected chi connectivity index (χ0v) is 13.1. The van der Waals surface area contributed by atoms with E-state index in [1.807, 2.05) is 0 Å². The Hall–Kier alpha value is -0.480. The van der Waals surface area contributed by atoms with Crippen molar-refractivity contribution in [2.45, 2.75) is 38.3 Å². The van der Waals surface area contributed by atoms with Crippen LogP contribution in [0.1, 0.15) is 26.2 Å². The molecule has 3 atom stereocenters. The highest BCUT2D eigenvalue weighted by molar-refractivity contribution is 6.37. The number of rotatable bonds is 6. The minimum Gasteiger partial charge on any atom is -0.488 e. The van der Waals surface area contributed by atoms with Gasteiger partial charge in [0, 0.05) is 12.6 Å². The third kappa shape index (κ3) is 4.26. The highest BCUT2D eigenvalue weighted by atomic mass is 35.5. The smallest absolute Gasteiger partial charge is 0.156 e. The zero-order chi connectivity index (χ0) is 14.5. The summed E-state index contributed by atoms with van der Waals surface area (Å²) >= 11 is 12.0. The zero-order valence-electron chi connectivity index (χ0n) is 11.6. The second-order valence-electron chi connectivity index (χ2n) is 5.44. The summed E-state index contributed by atoms with van der Waals surface area (Å²) in [5, 5.41) is 14.3. The first-order valence-corrected chi connectivity index (χ1v) is 7.81. The van der Waals surface area contributed by atoms with Crippen LogP contribution in [0.25, 0.3) is 0 Å². The van der Waals surface area contributed by atoms with Gasteiger partial charge in [0.05, 0.1) is 10.0 Å². The molecule has 0 saturated heterocycles. The quantitative estimate of drug-likeness (QED) is 0.843. The maximum atomic E-state index is 9.97. The fourth-order valence-corrected chi connectivity index (χ4v) is 3.10. The van der Waals surface area contributed by atoms with Crippen molar-refractivity contribution < 1.29 is 9.84 Å². The van der Waals surface area contributed by atoms with Gasteiger partial charge in [-0.25, -0.2) is 0 Å². The largest absolute Gasteiger partial charge is 0.488 e. The Bertz CT molecular complexity index is 422. The number of aliphatic hydroxyl groups is 1. The summed E-state index contributed by atoms with van der Waals surface area (Å²) in [6, 6.07) is 5.70. The molecule has 3 nitrogen and oxygen atoms in total. The van der Waals surface area contributed by atoms with Crippen LogP contribution in [-0.2, 0) is 0 Å². The Labute approximate surface area is 130 Å². The molecule has 3 unspecified atom stereocenters. The fourth-order valence-electron chi connectivity index (χ4n) is 2.59. The lowest BCUT2D eigenvalue weighted by molar-refractivity contribution is 0.102. The first-order chi connectivity index (χ1) is 9.58. The molecular weight excluding hydrogens is 297 g/mol. The molecule has 0 radical (unpaired) electrons. The number of hydrogen-bond donors (Lipinski definition) is 2. The lowest BCUT2D eigenvalue weighted by atomic mass is 10.1. The molecule has 0 spiro atoms. The Morgan fingerprint density at radius 1 is 1.35 bits per heavy atom. The number of aliphatic hydroxyl groups excluding tert-OH is 1. The molecule has 2 rings (SSSR count). The average Bonchev–Trinajstić information content (AvgIpc) is 2.81. The summed E-state index contributed by atoms with van der Waals surface area (Å²) < 4.78 is 5.52. The van der Waals surface area contributed by atoms with E-state index in [4.69, 9.17) is 27.9 Å². The Morgan fingerprint density at radius 2 is 2.05 bits per heavy atom. The van der Waals surface area contributed by atoms with Crippen molar-refractivity contribution in [1.82, 2.24) is 5.32 Å². The highest BCUT2D eigenvalue weighted by Gasteiger charge is 2.23. The lowest BCUT2D eigenvalue weighted by Crippen LogP contribution is -2.39. The maximum Gasteiger partial charge on any atom is 0.156 e. The summed E-state index contributed by atoms with van der Waals surface area (Å²) in [6.07, 6.45) is 3.14. The van der Waals surface area contributed by atoms with Crippen molar-refractivity contribution in [3.8, 4) is 5.75 Å². The molecule has 0 aliphatic heterocycles. The van der Waals surface area contributed by atoms with Crippen LogP contribution in [0.4, 0.5) is 0 Å². The summed E-state index contributed by atoms with van der Waals surface area (Å²) in [5.74, 6) is 1.12. The van der Waals surface area contributed by atoms with Crippen LogP contribution < -0.4 is 10.1 Å². The fraction of sp³-hybridized carbons (Fsp3) is 0.600. The molecule has 0 aromatic heterocycles. The van der Waals surface area contributed by atoms with Gasteiger partial charge in [-0.1, -0.05) is 42.6 Å². The maximum absolute atomic E-state index is 9.97. The molecule has 0 heterocycles. The van der Waals surface area contributed by atoms with Crippen molar-refractivity contribution in [2.24, 2.45) is 5.92 Å². The number of nitrogens with one attached hydrogen (secondary N) is 1. The van der Waals surface area contributed by atoms with Gasteiger partial charge in [0.2, 0.25) is 0 Å². The molecule has 0 amide bonds. The van der Waals surface area contributed by atoms with Gasteiger partial charge in [0.15, 0.2) is 5.75 Å². The lowest BCUT2D eigenvalue weighted by Gasteiger charge is -2.20. The van der Waals surface area contributed by atoms with E-state index in [0.717, 1.165) is 0 Å². The van der Waals surface area contributed by atoms with Crippen LogP contribution in [-0.4, -0.2) is 30.4 Å². The predicted octanol–water partition coefficient (Wildman–Crippen LogP) is 3.51. The van der Waals surface area contributed by atoms with Gasteiger partial charge in [-0.15, -0.1) is 0 Å². The monoisotopic (exact) mass is 317 g/mol.